The summed E-state index contributed by atoms with van der Waals surface area (Å²) in [6, 6.07) is 3.87. The molecule has 1 amide bonds. The third kappa shape index (κ3) is 1.99. The number of H-pyrrole nitrogens is 1. The van der Waals surface area contributed by atoms with Crippen molar-refractivity contribution in [2.45, 2.75) is 13.0 Å². The van der Waals surface area contributed by atoms with Gasteiger partial charge in [0.2, 0.25) is 0 Å². The Morgan fingerprint density at radius 2 is 2.37 bits per heavy atom. The average Bonchev–Trinajstić information content (AvgIpc) is 2.82. The van der Waals surface area contributed by atoms with E-state index in [0.717, 1.165) is 16.7 Å². The Bertz CT molecular complexity index is 609. The van der Waals surface area contributed by atoms with E-state index >= 15 is 0 Å². The molecule has 0 unspecified atom stereocenters. The van der Waals surface area contributed by atoms with E-state index in [4.69, 9.17) is 5.11 Å². The Morgan fingerprint density at radius 3 is 3.11 bits per heavy atom. The highest BCUT2D eigenvalue weighted by atomic mass is 16.4. The van der Waals surface area contributed by atoms with E-state index in [9.17, 15) is 4.79 Å². The zero-order valence-electron chi connectivity index (χ0n) is 10.7. The first-order valence-electron chi connectivity index (χ1n) is 6.33. The van der Waals surface area contributed by atoms with Gasteiger partial charge in [-0.15, -0.1) is 0 Å². The number of hydrogen-bond acceptors (Lipinski definition) is 3. The second kappa shape index (κ2) is 4.46. The largest absolute Gasteiger partial charge is 0.465 e. The van der Waals surface area contributed by atoms with Gasteiger partial charge in [-0.1, -0.05) is 0 Å². The van der Waals surface area contributed by atoms with Crippen molar-refractivity contribution in [2.24, 2.45) is 0 Å². The zero-order chi connectivity index (χ0) is 13.4. The van der Waals surface area contributed by atoms with E-state index in [0.29, 0.717) is 19.6 Å². The zero-order valence-corrected chi connectivity index (χ0v) is 10.7. The Morgan fingerprint density at radius 1 is 1.53 bits per heavy atom. The molecule has 6 nitrogen and oxygen atoms in total. The first-order valence-corrected chi connectivity index (χ1v) is 6.33. The second-order valence-corrected chi connectivity index (χ2v) is 4.84. The molecule has 1 aliphatic rings. The third-order valence-corrected chi connectivity index (χ3v) is 3.63. The summed E-state index contributed by atoms with van der Waals surface area (Å²) in [6.07, 6.45) is 2.88. The summed E-state index contributed by atoms with van der Waals surface area (Å²) in [6.45, 7) is 3.84. The summed E-state index contributed by atoms with van der Waals surface area (Å²) in [7, 11) is 0. The molecule has 1 saturated heterocycles. The van der Waals surface area contributed by atoms with Crippen LogP contribution in [0.3, 0.4) is 0 Å². The molecule has 2 aromatic heterocycles. The van der Waals surface area contributed by atoms with Gasteiger partial charge in [-0.2, -0.15) is 0 Å². The lowest BCUT2D eigenvalue weighted by Gasteiger charge is -2.39. The topological polar surface area (TPSA) is 72.5 Å². The quantitative estimate of drug-likeness (QED) is 0.819. The van der Waals surface area contributed by atoms with Crippen LogP contribution in [-0.4, -0.2) is 51.7 Å². The van der Waals surface area contributed by atoms with Crippen LogP contribution in [-0.2, 0) is 0 Å². The molecule has 3 heterocycles. The Kier molecular flexibility index (Phi) is 2.77. The standard InChI is InChI=1S/C13H16N4O2/c1-9-8-16(5-6-17(9)13(18)19)11-7-15-10-3-2-4-14-12(10)11/h2-4,7,9,15H,5-6,8H2,1H3,(H,18,19)/t9-/m1/s1. The van der Waals surface area contributed by atoms with Crippen molar-refractivity contribution >= 4 is 22.8 Å². The van der Waals surface area contributed by atoms with Crippen LogP contribution in [0.1, 0.15) is 6.92 Å². The molecule has 3 rings (SSSR count). The van der Waals surface area contributed by atoms with Gasteiger partial charge in [0.25, 0.3) is 0 Å². The first-order chi connectivity index (χ1) is 9.16. The van der Waals surface area contributed by atoms with E-state index in [2.05, 4.69) is 14.9 Å². The van der Waals surface area contributed by atoms with Crippen LogP contribution in [0.5, 0.6) is 0 Å². The molecule has 0 saturated carbocycles. The molecule has 0 aromatic carbocycles. The number of hydrogen-bond donors (Lipinski definition) is 2. The molecular weight excluding hydrogens is 244 g/mol. The number of amides is 1. The maximum atomic E-state index is 11.1. The number of nitrogens with zero attached hydrogens (tertiary/aromatic N) is 3. The normalized spacial score (nSPS) is 19.9. The van der Waals surface area contributed by atoms with Crippen LogP contribution < -0.4 is 4.90 Å². The molecule has 1 atom stereocenters. The fourth-order valence-corrected chi connectivity index (χ4v) is 2.64. The number of nitrogens with one attached hydrogen (secondary N) is 1. The molecule has 100 valence electrons. The monoisotopic (exact) mass is 260 g/mol. The molecule has 19 heavy (non-hydrogen) atoms. The summed E-state index contributed by atoms with van der Waals surface area (Å²) in [5.74, 6) is 0. The van der Waals surface area contributed by atoms with Crippen molar-refractivity contribution < 1.29 is 9.90 Å². The molecule has 0 aliphatic carbocycles. The summed E-state index contributed by atoms with van der Waals surface area (Å²) in [5, 5.41) is 9.09. The van der Waals surface area contributed by atoms with E-state index in [1.165, 1.54) is 4.90 Å². The predicted molar refractivity (Wildman–Crippen MR) is 72.5 cm³/mol. The smallest absolute Gasteiger partial charge is 0.407 e. The summed E-state index contributed by atoms with van der Waals surface area (Å²) >= 11 is 0. The average molecular weight is 260 g/mol. The lowest BCUT2D eigenvalue weighted by atomic mass is 10.2. The fourth-order valence-electron chi connectivity index (χ4n) is 2.64. The number of rotatable bonds is 1. The van der Waals surface area contributed by atoms with Crippen LogP contribution in [0, 0.1) is 0 Å². The van der Waals surface area contributed by atoms with Crippen molar-refractivity contribution in [1.29, 1.82) is 0 Å². The number of anilines is 1. The number of carboxylic acid groups (broad SMARTS) is 1. The van der Waals surface area contributed by atoms with Crippen LogP contribution in [0.15, 0.2) is 24.5 Å². The fraction of sp³-hybridized carbons (Fsp3) is 0.385. The van der Waals surface area contributed by atoms with Crippen LogP contribution in [0.2, 0.25) is 0 Å². The highest BCUT2D eigenvalue weighted by Crippen LogP contribution is 2.26. The molecule has 0 radical (unpaired) electrons. The number of piperazine rings is 1. The minimum Gasteiger partial charge on any atom is -0.465 e. The maximum absolute atomic E-state index is 11.1. The van der Waals surface area contributed by atoms with Gasteiger partial charge in [0.1, 0.15) is 5.52 Å². The van der Waals surface area contributed by atoms with Gasteiger partial charge >= 0.3 is 6.09 Å². The van der Waals surface area contributed by atoms with Crippen LogP contribution >= 0.6 is 0 Å². The van der Waals surface area contributed by atoms with Crippen molar-refractivity contribution in [2.75, 3.05) is 24.5 Å². The van der Waals surface area contributed by atoms with Gasteiger partial charge in [-0.05, 0) is 19.1 Å². The van der Waals surface area contributed by atoms with Gasteiger partial charge in [-0.3, -0.25) is 4.98 Å². The molecule has 2 aromatic rings. The van der Waals surface area contributed by atoms with E-state index in [1.54, 1.807) is 6.20 Å². The highest BCUT2D eigenvalue weighted by Gasteiger charge is 2.28. The van der Waals surface area contributed by atoms with Gasteiger partial charge in [0, 0.05) is 38.1 Å². The van der Waals surface area contributed by atoms with Crippen molar-refractivity contribution in [3.8, 4) is 0 Å². The van der Waals surface area contributed by atoms with Gasteiger partial charge in [-0.25, -0.2) is 4.79 Å². The second-order valence-electron chi connectivity index (χ2n) is 4.84. The van der Waals surface area contributed by atoms with Crippen molar-refractivity contribution in [1.82, 2.24) is 14.9 Å². The predicted octanol–water partition coefficient (Wildman–Crippen LogP) is 1.75. The Labute approximate surface area is 110 Å². The van der Waals surface area contributed by atoms with Gasteiger partial charge in [0.15, 0.2) is 0 Å². The molecule has 0 bridgehead atoms. The molecular formula is C13H16N4O2. The van der Waals surface area contributed by atoms with Crippen molar-refractivity contribution in [3.05, 3.63) is 24.5 Å². The van der Waals surface area contributed by atoms with Gasteiger partial charge in [0.05, 0.1) is 11.2 Å². The summed E-state index contributed by atoms with van der Waals surface area (Å²) in [5.41, 5.74) is 3.00. The number of fused-ring (bicyclic) bond motifs is 1. The maximum Gasteiger partial charge on any atom is 0.407 e. The van der Waals surface area contributed by atoms with E-state index in [1.807, 2.05) is 25.3 Å². The number of pyridine rings is 1. The molecule has 1 fully saturated rings. The SMILES string of the molecule is C[C@@H]1CN(c2c[nH]c3cccnc23)CCN1C(=O)O. The summed E-state index contributed by atoms with van der Waals surface area (Å²) < 4.78 is 0. The lowest BCUT2D eigenvalue weighted by Crippen LogP contribution is -2.53. The number of aromatic amines is 1. The summed E-state index contributed by atoms with van der Waals surface area (Å²) in [4.78, 5) is 22.3. The third-order valence-electron chi connectivity index (χ3n) is 3.63. The highest BCUT2D eigenvalue weighted by molar-refractivity contribution is 5.89. The molecule has 1 aliphatic heterocycles. The van der Waals surface area contributed by atoms with Crippen molar-refractivity contribution in [3.63, 3.8) is 0 Å². The van der Waals surface area contributed by atoms with Gasteiger partial charge < -0.3 is 19.9 Å². The minimum absolute atomic E-state index is 0.0140. The number of carbonyl (C=O) groups is 1. The first kappa shape index (κ1) is 11.8. The lowest BCUT2D eigenvalue weighted by molar-refractivity contribution is 0.123. The van der Waals surface area contributed by atoms with E-state index < -0.39 is 6.09 Å². The molecule has 6 heteroatoms. The Hall–Kier alpha value is -2.24. The van der Waals surface area contributed by atoms with Crippen LogP contribution in [0.4, 0.5) is 10.5 Å². The number of aromatic nitrogens is 2. The van der Waals surface area contributed by atoms with E-state index in [-0.39, 0.29) is 6.04 Å². The minimum atomic E-state index is -0.843. The van der Waals surface area contributed by atoms with Crippen LogP contribution in [0.25, 0.3) is 11.0 Å². The molecule has 2 N–H and O–H groups in total. The molecule has 0 spiro atoms. The Balaban J connectivity index is 1.86.